The Bertz CT molecular complexity index is 502. The molecule has 0 unspecified atom stereocenters. The molecule has 1 amide bonds. The average molecular weight is 204 g/mol. The number of benzene rings is 1. The number of nitrogens with two attached hydrogens (primary N) is 1. The Labute approximate surface area is 87.1 Å². The van der Waals surface area contributed by atoms with Gasteiger partial charge in [0.25, 0.3) is 5.91 Å². The summed E-state index contributed by atoms with van der Waals surface area (Å²) in [4.78, 5) is 10.9. The van der Waals surface area contributed by atoms with E-state index in [2.05, 4.69) is 5.32 Å². The van der Waals surface area contributed by atoms with Crippen LogP contribution in [0.3, 0.4) is 0 Å². The van der Waals surface area contributed by atoms with Gasteiger partial charge in [0.1, 0.15) is 5.58 Å². The van der Waals surface area contributed by atoms with Gasteiger partial charge in [-0.05, 0) is 31.2 Å². The number of hydrogen-bond donors (Lipinski definition) is 2. The molecule has 0 bridgehead atoms. The molecule has 0 aliphatic heterocycles. The molecule has 0 radical (unpaired) electrons. The molecule has 0 fully saturated rings. The Morgan fingerprint density at radius 1 is 1.47 bits per heavy atom. The molecule has 0 atom stereocenters. The molecule has 0 aliphatic rings. The van der Waals surface area contributed by atoms with E-state index >= 15 is 0 Å². The number of nitrogens with one attached hydrogen (secondary N) is 1. The quantitative estimate of drug-likeness (QED) is 0.803. The predicted molar refractivity (Wildman–Crippen MR) is 58.9 cm³/mol. The standard InChI is InChI=1S/C11H12N2O2/c1-2-13-8-3-4-9-7(5-8)6-10(15-9)11(12)14/h3-6,13H,2H2,1H3,(H2,12,14). The van der Waals surface area contributed by atoms with Crippen LogP contribution in [-0.4, -0.2) is 12.5 Å². The van der Waals surface area contributed by atoms with Gasteiger partial charge in [-0.25, -0.2) is 0 Å². The molecule has 4 heteroatoms. The molecular weight excluding hydrogens is 192 g/mol. The third kappa shape index (κ3) is 1.79. The van der Waals surface area contributed by atoms with Crippen LogP contribution in [0.2, 0.25) is 0 Å². The first-order chi connectivity index (χ1) is 7.20. The second-order valence-corrected chi connectivity index (χ2v) is 3.26. The minimum absolute atomic E-state index is 0.193. The summed E-state index contributed by atoms with van der Waals surface area (Å²) in [6.07, 6.45) is 0. The van der Waals surface area contributed by atoms with Crippen LogP contribution in [0, 0.1) is 0 Å². The van der Waals surface area contributed by atoms with Crippen molar-refractivity contribution in [1.82, 2.24) is 0 Å². The van der Waals surface area contributed by atoms with Gasteiger partial charge in [0.05, 0.1) is 0 Å². The first kappa shape index (κ1) is 9.58. The van der Waals surface area contributed by atoms with Crippen LogP contribution in [0.4, 0.5) is 5.69 Å². The first-order valence-corrected chi connectivity index (χ1v) is 4.78. The zero-order chi connectivity index (χ0) is 10.8. The highest BCUT2D eigenvalue weighted by Gasteiger charge is 2.08. The lowest BCUT2D eigenvalue weighted by Gasteiger charge is -2.00. The fourth-order valence-corrected chi connectivity index (χ4v) is 1.48. The van der Waals surface area contributed by atoms with E-state index in [-0.39, 0.29) is 5.76 Å². The van der Waals surface area contributed by atoms with Gasteiger partial charge in [0.15, 0.2) is 5.76 Å². The summed E-state index contributed by atoms with van der Waals surface area (Å²) in [6.45, 7) is 2.88. The van der Waals surface area contributed by atoms with E-state index in [0.717, 1.165) is 17.6 Å². The van der Waals surface area contributed by atoms with E-state index in [0.29, 0.717) is 5.58 Å². The molecule has 2 aromatic rings. The Morgan fingerprint density at radius 2 is 2.27 bits per heavy atom. The van der Waals surface area contributed by atoms with Crippen molar-refractivity contribution in [2.24, 2.45) is 5.73 Å². The Hall–Kier alpha value is -1.97. The van der Waals surface area contributed by atoms with E-state index in [9.17, 15) is 4.79 Å². The van der Waals surface area contributed by atoms with Crippen molar-refractivity contribution in [1.29, 1.82) is 0 Å². The molecule has 0 aliphatic carbocycles. The van der Waals surface area contributed by atoms with Gasteiger partial charge in [-0.1, -0.05) is 0 Å². The number of rotatable bonds is 3. The lowest BCUT2D eigenvalue weighted by molar-refractivity contribution is 0.0976. The molecule has 78 valence electrons. The van der Waals surface area contributed by atoms with Crippen molar-refractivity contribution in [3.63, 3.8) is 0 Å². The van der Waals surface area contributed by atoms with Gasteiger partial charge in [-0.3, -0.25) is 4.79 Å². The molecule has 0 spiro atoms. The first-order valence-electron chi connectivity index (χ1n) is 4.78. The van der Waals surface area contributed by atoms with E-state index in [1.807, 2.05) is 25.1 Å². The zero-order valence-corrected chi connectivity index (χ0v) is 8.41. The topological polar surface area (TPSA) is 68.3 Å². The number of carbonyl (C=O) groups excluding carboxylic acids is 1. The van der Waals surface area contributed by atoms with Crippen molar-refractivity contribution < 1.29 is 9.21 Å². The summed E-state index contributed by atoms with van der Waals surface area (Å²) >= 11 is 0. The highest BCUT2D eigenvalue weighted by atomic mass is 16.3. The van der Waals surface area contributed by atoms with Crippen molar-refractivity contribution in [2.45, 2.75) is 6.92 Å². The highest BCUT2D eigenvalue weighted by molar-refractivity contribution is 5.95. The zero-order valence-electron chi connectivity index (χ0n) is 8.41. The molecule has 15 heavy (non-hydrogen) atoms. The number of hydrogen-bond acceptors (Lipinski definition) is 3. The normalized spacial score (nSPS) is 10.5. The van der Waals surface area contributed by atoms with Gasteiger partial charge in [-0.15, -0.1) is 0 Å². The molecule has 0 saturated heterocycles. The lowest BCUT2D eigenvalue weighted by atomic mass is 10.2. The van der Waals surface area contributed by atoms with E-state index in [4.69, 9.17) is 10.2 Å². The third-order valence-corrected chi connectivity index (χ3v) is 2.14. The number of anilines is 1. The highest BCUT2D eigenvalue weighted by Crippen LogP contribution is 2.22. The third-order valence-electron chi connectivity index (χ3n) is 2.14. The van der Waals surface area contributed by atoms with Gasteiger partial charge in [0.2, 0.25) is 0 Å². The molecule has 0 saturated carbocycles. The van der Waals surface area contributed by atoms with Crippen LogP contribution in [-0.2, 0) is 0 Å². The second kappa shape index (κ2) is 3.65. The monoisotopic (exact) mass is 204 g/mol. The van der Waals surface area contributed by atoms with Crippen molar-refractivity contribution in [3.8, 4) is 0 Å². The minimum Gasteiger partial charge on any atom is -0.451 e. The van der Waals surface area contributed by atoms with Gasteiger partial charge in [-0.2, -0.15) is 0 Å². The van der Waals surface area contributed by atoms with Crippen molar-refractivity contribution in [3.05, 3.63) is 30.0 Å². The summed E-state index contributed by atoms with van der Waals surface area (Å²) in [7, 11) is 0. The molecule has 2 rings (SSSR count). The van der Waals surface area contributed by atoms with Crippen molar-refractivity contribution >= 4 is 22.6 Å². The lowest BCUT2D eigenvalue weighted by Crippen LogP contribution is -2.08. The minimum atomic E-state index is -0.545. The Balaban J connectivity index is 2.47. The molecule has 1 aromatic heterocycles. The number of amides is 1. The molecule has 3 N–H and O–H groups in total. The maximum Gasteiger partial charge on any atom is 0.284 e. The van der Waals surface area contributed by atoms with Gasteiger partial charge in [0, 0.05) is 17.6 Å². The smallest absolute Gasteiger partial charge is 0.284 e. The maximum absolute atomic E-state index is 10.9. The molecule has 1 heterocycles. The molecule has 1 aromatic carbocycles. The SMILES string of the molecule is CCNc1ccc2oc(C(N)=O)cc2c1. The van der Waals surface area contributed by atoms with Crippen LogP contribution < -0.4 is 11.1 Å². The predicted octanol–water partition coefficient (Wildman–Crippen LogP) is 1.96. The number of carbonyl (C=O) groups is 1. The van der Waals surface area contributed by atoms with Gasteiger partial charge < -0.3 is 15.5 Å². The van der Waals surface area contributed by atoms with Crippen LogP contribution in [0.1, 0.15) is 17.5 Å². The average Bonchev–Trinajstić information content (AvgIpc) is 2.61. The number of fused-ring (bicyclic) bond motifs is 1. The van der Waals surface area contributed by atoms with Crippen LogP contribution in [0.15, 0.2) is 28.7 Å². The van der Waals surface area contributed by atoms with E-state index < -0.39 is 5.91 Å². The van der Waals surface area contributed by atoms with E-state index in [1.54, 1.807) is 6.07 Å². The second-order valence-electron chi connectivity index (χ2n) is 3.26. The Morgan fingerprint density at radius 3 is 2.93 bits per heavy atom. The summed E-state index contributed by atoms with van der Waals surface area (Å²) in [5.74, 6) is -0.352. The van der Waals surface area contributed by atoms with Gasteiger partial charge >= 0.3 is 0 Å². The summed E-state index contributed by atoms with van der Waals surface area (Å²) in [6, 6.07) is 7.30. The molecular formula is C11H12N2O2. The van der Waals surface area contributed by atoms with Crippen LogP contribution >= 0.6 is 0 Å². The summed E-state index contributed by atoms with van der Waals surface area (Å²) < 4.78 is 5.26. The van der Waals surface area contributed by atoms with Crippen LogP contribution in [0.25, 0.3) is 11.0 Å². The fraction of sp³-hybridized carbons (Fsp3) is 0.182. The number of primary amides is 1. The Kier molecular flexibility index (Phi) is 2.33. The largest absolute Gasteiger partial charge is 0.451 e. The summed E-state index contributed by atoms with van der Waals surface area (Å²) in [5.41, 5.74) is 6.80. The fourth-order valence-electron chi connectivity index (χ4n) is 1.48. The number of furan rings is 1. The maximum atomic E-state index is 10.9. The molecule has 4 nitrogen and oxygen atoms in total. The van der Waals surface area contributed by atoms with E-state index in [1.165, 1.54) is 0 Å². The summed E-state index contributed by atoms with van der Waals surface area (Å²) in [5, 5.41) is 4.06. The van der Waals surface area contributed by atoms with Crippen LogP contribution in [0.5, 0.6) is 0 Å². The van der Waals surface area contributed by atoms with Crippen molar-refractivity contribution in [2.75, 3.05) is 11.9 Å².